The van der Waals surface area contributed by atoms with Crippen molar-refractivity contribution in [3.05, 3.63) is 82.2 Å². The maximum Gasteiger partial charge on any atom is 0.256 e. The largest absolute Gasteiger partial charge is 0.322 e. The summed E-state index contributed by atoms with van der Waals surface area (Å²) in [6, 6.07) is 18.9. The Hall–Kier alpha value is -2.69. The topological polar surface area (TPSA) is 42.0 Å². The molecule has 0 aliphatic heterocycles. The fourth-order valence-corrected chi connectivity index (χ4v) is 3.70. The van der Waals surface area contributed by atoms with Crippen LogP contribution in [0.4, 0.5) is 5.69 Å². The monoisotopic (exact) mass is 378 g/mol. The average molecular weight is 379 g/mol. The number of rotatable bonds is 3. The highest BCUT2D eigenvalue weighted by atomic mass is 35.5. The first-order chi connectivity index (χ1) is 12.6. The second kappa shape index (κ2) is 6.90. The summed E-state index contributed by atoms with van der Waals surface area (Å²) in [6.45, 7) is 1.93. The number of para-hydroxylation sites is 1. The third kappa shape index (κ3) is 3.09. The van der Waals surface area contributed by atoms with Crippen LogP contribution in [-0.2, 0) is 0 Å². The molecule has 0 radical (unpaired) electrons. The van der Waals surface area contributed by atoms with E-state index in [9.17, 15) is 4.79 Å². The number of fused-ring (bicyclic) bond motifs is 1. The average Bonchev–Trinajstić information content (AvgIpc) is 3.19. The number of pyridine rings is 1. The summed E-state index contributed by atoms with van der Waals surface area (Å²) in [5, 5.41) is 6.39. The Balaban J connectivity index is 1.89. The fourth-order valence-electron chi connectivity index (χ4n) is 2.86. The Bertz CT molecular complexity index is 1090. The molecule has 0 fully saturated rings. The molecule has 0 bridgehead atoms. The predicted octanol–water partition coefficient (Wildman–Crippen LogP) is 6.18. The minimum atomic E-state index is -0.164. The number of aryl methyl sites for hydroxylation is 1. The van der Waals surface area contributed by atoms with E-state index in [-0.39, 0.29) is 5.91 Å². The van der Waals surface area contributed by atoms with Crippen molar-refractivity contribution in [2.24, 2.45) is 0 Å². The van der Waals surface area contributed by atoms with E-state index in [2.05, 4.69) is 5.32 Å². The van der Waals surface area contributed by atoms with Crippen LogP contribution in [0, 0.1) is 6.92 Å². The number of nitrogens with zero attached hydrogens (tertiary/aromatic N) is 1. The van der Waals surface area contributed by atoms with Crippen LogP contribution in [0.5, 0.6) is 0 Å². The molecule has 0 atom stereocenters. The standard InChI is InChI=1S/C21H15ClN2OS/c1-13-17(22)10-9-15-16(21(25)23-14-6-3-2-4-7-14)12-18(24-20(13)15)19-8-5-11-26-19/h2-12H,1H3,(H,23,25). The number of hydrogen-bond acceptors (Lipinski definition) is 3. The Morgan fingerprint density at radius 2 is 1.88 bits per heavy atom. The molecule has 2 aromatic carbocycles. The summed E-state index contributed by atoms with van der Waals surface area (Å²) in [4.78, 5) is 18.8. The molecule has 0 aliphatic carbocycles. The molecule has 5 heteroatoms. The van der Waals surface area contributed by atoms with Gasteiger partial charge in [-0.15, -0.1) is 11.3 Å². The number of carbonyl (C=O) groups excluding carboxylic acids is 1. The van der Waals surface area contributed by atoms with E-state index >= 15 is 0 Å². The van der Waals surface area contributed by atoms with Gasteiger partial charge in [0.25, 0.3) is 5.91 Å². The highest BCUT2D eigenvalue weighted by molar-refractivity contribution is 7.13. The van der Waals surface area contributed by atoms with Gasteiger partial charge in [0.15, 0.2) is 0 Å². The van der Waals surface area contributed by atoms with Crippen LogP contribution in [0.2, 0.25) is 5.02 Å². The van der Waals surface area contributed by atoms with Crippen molar-refractivity contribution in [3.63, 3.8) is 0 Å². The van der Waals surface area contributed by atoms with Gasteiger partial charge in [-0.1, -0.05) is 41.9 Å². The number of benzene rings is 2. The Morgan fingerprint density at radius 1 is 1.08 bits per heavy atom. The van der Waals surface area contributed by atoms with Crippen LogP contribution in [-0.4, -0.2) is 10.9 Å². The zero-order valence-electron chi connectivity index (χ0n) is 14.0. The van der Waals surface area contributed by atoms with E-state index < -0.39 is 0 Å². The number of nitrogens with one attached hydrogen (secondary N) is 1. The van der Waals surface area contributed by atoms with Gasteiger partial charge in [0, 0.05) is 16.1 Å². The zero-order chi connectivity index (χ0) is 18.1. The number of carbonyl (C=O) groups is 1. The van der Waals surface area contributed by atoms with E-state index in [4.69, 9.17) is 16.6 Å². The van der Waals surface area contributed by atoms with Crippen LogP contribution in [0.1, 0.15) is 15.9 Å². The fraction of sp³-hybridized carbons (Fsp3) is 0.0476. The molecule has 4 aromatic rings. The molecule has 1 amide bonds. The molecule has 2 heterocycles. The molecule has 1 N–H and O–H groups in total. The molecule has 2 aromatic heterocycles. The molecule has 0 spiro atoms. The lowest BCUT2D eigenvalue weighted by Crippen LogP contribution is -2.13. The third-order valence-corrected chi connectivity index (χ3v) is 5.52. The van der Waals surface area contributed by atoms with Crippen molar-refractivity contribution in [2.75, 3.05) is 5.32 Å². The molecule has 0 saturated heterocycles. The van der Waals surface area contributed by atoms with Crippen LogP contribution in [0.15, 0.2) is 66.0 Å². The normalized spacial score (nSPS) is 10.8. The van der Waals surface area contributed by atoms with E-state index in [0.717, 1.165) is 32.7 Å². The van der Waals surface area contributed by atoms with Crippen molar-refractivity contribution in [3.8, 4) is 10.6 Å². The molecule has 0 unspecified atom stereocenters. The second-order valence-corrected chi connectivity index (χ2v) is 7.28. The van der Waals surface area contributed by atoms with E-state index in [1.807, 2.05) is 73.0 Å². The molecular weight excluding hydrogens is 364 g/mol. The van der Waals surface area contributed by atoms with Gasteiger partial charge in [-0.25, -0.2) is 4.98 Å². The second-order valence-electron chi connectivity index (χ2n) is 5.92. The lowest BCUT2D eigenvalue weighted by atomic mass is 10.0. The zero-order valence-corrected chi connectivity index (χ0v) is 15.6. The first-order valence-corrected chi connectivity index (χ1v) is 9.39. The van der Waals surface area contributed by atoms with Gasteiger partial charge < -0.3 is 5.32 Å². The summed E-state index contributed by atoms with van der Waals surface area (Å²) in [7, 11) is 0. The van der Waals surface area contributed by atoms with Crippen LogP contribution >= 0.6 is 22.9 Å². The molecule has 0 aliphatic rings. The number of thiophene rings is 1. The van der Waals surface area contributed by atoms with E-state index in [0.29, 0.717) is 10.6 Å². The van der Waals surface area contributed by atoms with Crippen LogP contribution in [0.25, 0.3) is 21.5 Å². The number of aromatic nitrogens is 1. The Labute approximate surface area is 160 Å². The van der Waals surface area contributed by atoms with Crippen molar-refractivity contribution < 1.29 is 4.79 Å². The highest BCUT2D eigenvalue weighted by Crippen LogP contribution is 2.32. The molecule has 4 rings (SSSR count). The minimum Gasteiger partial charge on any atom is -0.322 e. The SMILES string of the molecule is Cc1c(Cl)ccc2c(C(=O)Nc3ccccc3)cc(-c3cccs3)nc12. The summed E-state index contributed by atoms with van der Waals surface area (Å²) in [5.41, 5.74) is 3.74. The molecule has 0 saturated carbocycles. The van der Waals surface area contributed by atoms with Crippen molar-refractivity contribution in [2.45, 2.75) is 6.92 Å². The summed E-state index contributed by atoms with van der Waals surface area (Å²) >= 11 is 7.88. The summed E-state index contributed by atoms with van der Waals surface area (Å²) in [6.07, 6.45) is 0. The van der Waals surface area contributed by atoms with E-state index in [1.165, 1.54) is 0 Å². The van der Waals surface area contributed by atoms with Gasteiger partial charge in [-0.05, 0) is 48.2 Å². The maximum atomic E-state index is 13.0. The maximum absolute atomic E-state index is 13.0. The number of hydrogen-bond donors (Lipinski definition) is 1. The summed E-state index contributed by atoms with van der Waals surface area (Å²) < 4.78 is 0. The number of amides is 1. The number of anilines is 1. The first kappa shape index (κ1) is 16.8. The van der Waals surface area contributed by atoms with Gasteiger partial charge in [0.05, 0.1) is 21.7 Å². The van der Waals surface area contributed by atoms with Crippen LogP contribution in [0.3, 0.4) is 0 Å². The minimum absolute atomic E-state index is 0.164. The Kier molecular flexibility index (Phi) is 4.45. The van der Waals surface area contributed by atoms with Gasteiger partial charge >= 0.3 is 0 Å². The van der Waals surface area contributed by atoms with Gasteiger partial charge in [0.1, 0.15) is 0 Å². The number of halogens is 1. The lowest BCUT2D eigenvalue weighted by molar-refractivity contribution is 0.102. The van der Waals surface area contributed by atoms with Gasteiger partial charge in [-0.3, -0.25) is 4.79 Å². The molecular formula is C21H15ClN2OS. The quantitative estimate of drug-likeness (QED) is 0.462. The van der Waals surface area contributed by atoms with Crippen molar-refractivity contribution in [1.82, 2.24) is 4.98 Å². The van der Waals surface area contributed by atoms with E-state index in [1.54, 1.807) is 11.3 Å². The first-order valence-electron chi connectivity index (χ1n) is 8.13. The molecule has 26 heavy (non-hydrogen) atoms. The lowest BCUT2D eigenvalue weighted by Gasteiger charge is -2.12. The molecule has 3 nitrogen and oxygen atoms in total. The third-order valence-electron chi connectivity index (χ3n) is 4.22. The van der Waals surface area contributed by atoms with Gasteiger partial charge in [0.2, 0.25) is 0 Å². The predicted molar refractivity (Wildman–Crippen MR) is 109 cm³/mol. The van der Waals surface area contributed by atoms with Crippen molar-refractivity contribution in [1.29, 1.82) is 0 Å². The van der Waals surface area contributed by atoms with Crippen LogP contribution < -0.4 is 5.32 Å². The van der Waals surface area contributed by atoms with Gasteiger partial charge in [-0.2, -0.15) is 0 Å². The molecule has 128 valence electrons. The van der Waals surface area contributed by atoms with Crippen molar-refractivity contribution >= 4 is 45.4 Å². The summed E-state index contributed by atoms with van der Waals surface area (Å²) in [5.74, 6) is -0.164. The Morgan fingerprint density at radius 3 is 2.62 bits per heavy atom. The smallest absolute Gasteiger partial charge is 0.256 e. The highest BCUT2D eigenvalue weighted by Gasteiger charge is 2.17.